The fourth-order valence-electron chi connectivity index (χ4n) is 0.798. The largest absolute Gasteiger partial charge is 0.466 e. The van der Waals surface area contributed by atoms with Gasteiger partial charge in [-0.15, -0.1) is 0 Å². The summed E-state index contributed by atoms with van der Waals surface area (Å²) < 4.78 is 4.57. The number of esters is 1. The maximum atomic E-state index is 11.1. The Morgan fingerprint density at radius 1 is 1.58 bits per heavy atom. The molecule has 0 aliphatic rings. The Morgan fingerprint density at radius 2 is 2.17 bits per heavy atom. The minimum absolute atomic E-state index is 0.321. The zero-order valence-corrected chi connectivity index (χ0v) is 7.59. The molecule has 0 unspecified atom stereocenters. The van der Waals surface area contributed by atoms with Gasteiger partial charge in [0.05, 0.1) is 7.11 Å². The molecule has 2 nitrogen and oxygen atoms in total. The second kappa shape index (κ2) is 5.35. The molecule has 0 aromatic carbocycles. The van der Waals surface area contributed by atoms with Gasteiger partial charge in [-0.3, -0.25) is 0 Å². The number of carbonyl (C=O) groups excluding carboxylic acids is 1. The average Bonchev–Trinajstić information content (AvgIpc) is 2.01. The van der Waals surface area contributed by atoms with Crippen molar-refractivity contribution in [2.45, 2.75) is 13.3 Å². The van der Waals surface area contributed by atoms with Crippen molar-refractivity contribution in [2.75, 3.05) is 7.11 Å². The van der Waals surface area contributed by atoms with E-state index < -0.39 is 0 Å². The van der Waals surface area contributed by atoms with Gasteiger partial charge in [0, 0.05) is 5.57 Å². The summed E-state index contributed by atoms with van der Waals surface area (Å²) in [4.78, 5) is 11.1. The molecule has 12 heavy (non-hydrogen) atoms. The predicted octanol–water partition coefficient (Wildman–Crippen LogP) is 2.24. The summed E-state index contributed by atoms with van der Waals surface area (Å²) >= 11 is 0. The van der Waals surface area contributed by atoms with Gasteiger partial charge in [-0.25, -0.2) is 4.79 Å². The van der Waals surface area contributed by atoms with Gasteiger partial charge < -0.3 is 4.74 Å². The van der Waals surface area contributed by atoms with E-state index in [4.69, 9.17) is 0 Å². The Bertz CT molecular complexity index is 224. The van der Waals surface area contributed by atoms with Crippen LogP contribution in [-0.4, -0.2) is 13.1 Å². The third-order valence-electron chi connectivity index (χ3n) is 1.26. The molecule has 0 atom stereocenters. The molecule has 66 valence electrons. The summed E-state index contributed by atoms with van der Waals surface area (Å²) in [5.41, 5.74) is 1.51. The van der Waals surface area contributed by atoms with E-state index in [1.54, 1.807) is 12.2 Å². The summed E-state index contributed by atoms with van der Waals surface area (Å²) in [6.45, 7) is 9.08. The third kappa shape index (κ3) is 3.76. The lowest BCUT2D eigenvalue weighted by atomic mass is 10.1. The highest BCUT2D eigenvalue weighted by Gasteiger charge is 2.07. The van der Waals surface area contributed by atoms with Crippen LogP contribution in [0, 0.1) is 0 Å². The van der Waals surface area contributed by atoms with E-state index in [0.29, 0.717) is 12.0 Å². The number of methoxy groups -OCH3 is 1. The molecule has 0 rings (SSSR count). The molecule has 0 aromatic rings. The summed E-state index contributed by atoms with van der Waals surface area (Å²) in [5.74, 6) is -0.321. The highest BCUT2D eigenvalue weighted by Crippen LogP contribution is 2.10. The quantitative estimate of drug-likeness (QED) is 0.277. The molecule has 0 amide bonds. The number of hydrogen-bond acceptors (Lipinski definition) is 2. The standard InChI is InChI=1S/C10H14O2/c1-5-6-9(7-8(2)3)10(11)12-4/h5-6H,1-2,7H2,3-4H3/b9-6-. The molecule has 0 fully saturated rings. The topological polar surface area (TPSA) is 26.3 Å². The van der Waals surface area contributed by atoms with Gasteiger partial charge in [0.25, 0.3) is 0 Å². The zero-order valence-electron chi connectivity index (χ0n) is 7.59. The SMILES string of the molecule is C=C/C=C(/CC(=C)C)C(=O)OC. The van der Waals surface area contributed by atoms with E-state index >= 15 is 0 Å². The average molecular weight is 166 g/mol. The first-order valence-corrected chi connectivity index (χ1v) is 3.66. The van der Waals surface area contributed by atoms with Gasteiger partial charge in [0.2, 0.25) is 0 Å². The Hall–Kier alpha value is -1.31. The first-order chi connectivity index (χ1) is 5.61. The Kier molecular flexibility index (Phi) is 4.77. The molecule has 0 aliphatic carbocycles. The molecule has 0 saturated carbocycles. The van der Waals surface area contributed by atoms with Crippen LogP contribution in [0.1, 0.15) is 13.3 Å². The summed E-state index contributed by atoms with van der Waals surface area (Å²) in [5, 5.41) is 0. The fraction of sp³-hybridized carbons (Fsp3) is 0.300. The normalized spacial score (nSPS) is 10.7. The highest BCUT2D eigenvalue weighted by molar-refractivity contribution is 5.89. The van der Waals surface area contributed by atoms with E-state index in [9.17, 15) is 4.79 Å². The minimum Gasteiger partial charge on any atom is -0.466 e. The van der Waals surface area contributed by atoms with Crippen LogP contribution in [-0.2, 0) is 9.53 Å². The van der Waals surface area contributed by atoms with E-state index in [0.717, 1.165) is 5.57 Å². The van der Waals surface area contributed by atoms with Gasteiger partial charge in [-0.05, 0) is 13.3 Å². The monoisotopic (exact) mass is 166 g/mol. The van der Waals surface area contributed by atoms with Crippen LogP contribution in [0.5, 0.6) is 0 Å². The molecule has 0 N–H and O–H groups in total. The maximum Gasteiger partial charge on any atom is 0.334 e. The van der Waals surface area contributed by atoms with Gasteiger partial charge in [-0.1, -0.05) is 30.9 Å². The molecule has 0 bridgehead atoms. The second-order valence-electron chi connectivity index (χ2n) is 2.55. The van der Waals surface area contributed by atoms with Crippen LogP contribution in [0.4, 0.5) is 0 Å². The number of hydrogen-bond donors (Lipinski definition) is 0. The number of carbonyl (C=O) groups is 1. The van der Waals surface area contributed by atoms with Gasteiger partial charge >= 0.3 is 5.97 Å². The maximum absolute atomic E-state index is 11.1. The van der Waals surface area contributed by atoms with Crippen molar-refractivity contribution in [3.8, 4) is 0 Å². The van der Waals surface area contributed by atoms with Crippen LogP contribution >= 0.6 is 0 Å². The van der Waals surface area contributed by atoms with Crippen molar-refractivity contribution in [1.29, 1.82) is 0 Å². The molecule has 2 heteroatoms. The van der Waals surface area contributed by atoms with Crippen molar-refractivity contribution in [1.82, 2.24) is 0 Å². The number of ether oxygens (including phenoxy) is 1. The molecular weight excluding hydrogens is 152 g/mol. The van der Waals surface area contributed by atoms with E-state index in [1.165, 1.54) is 7.11 Å². The lowest BCUT2D eigenvalue weighted by molar-refractivity contribution is -0.136. The van der Waals surface area contributed by atoms with E-state index in [1.807, 2.05) is 6.92 Å². The lowest BCUT2D eigenvalue weighted by Crippen LogP contribution is -2.04. The van der Waals surface area contributed by atoms with E-state index in [-0.39, 0.29) is 5.97 Å². The third-order valence-corrected chi connectivity index (χ3v) is 1.26. The Balaban J connectivity index is 4.44. The zero-order chi connectivity index (χ0) is 9.56. The molecule has 0 aromatic heterocycles. The Morgan fingerprint density at radius 3 is 2.50 bits per heavy atom. The van der Waals surface area contributed by atoms with Crippen molar-refractivity contribution in [3.63, 3.8) is 0 Å². The smallest absolute Gasteiger partial charge is 0.334 e. The summed E-state index contributed by atoms with van der Waals surface area (Å²) in [7, 11) is 1.36. The molecule has 0 saturated heterocycles. The molecule has 0 heterocycles. The second-order valence-corrected chi connectivity index (χ2v) is 2.55. The van der Waals surface area contributed by atoms with Crippen LogP contribution in [0.25, 0.3) is 0 Å². The van der Waals surface area contributed by atoms with Crippen LogP contribution in [0.2, 0.25) is 0 Å². The Labute approximate surface area is 73.2 Å². The molecule has 0 aliphatic heterocycles. The first kappa shape index (κ1) is 10.7. The molecule has 0 spiro atoms. The van der Waals surface area contributed by atoms with Crippen molar-refractivity contribution in [3.05, 3.63) is 36.5 Å². The van der Waals surface area contributed by atoms with Crippen molar-refractivity contribution < 1.29 is 9.53 Å². The highest BCUT2D eigenvalue weighted by atomic mass is 16.5. The first-order valence-electron chi connectivity index (χ1n) is 3.66. The van der Waals surface area contributed by atoms with Gasteiger partial charge in [0.1, 0.15) is 0 Å². The van der Waals surface area contributed by atoms with Gasteiger partial charge in [-0.2, -0.15) is 0 Å². The van der Waals surface area contributed by atoms with Crippen LogP contribution < -0.4 is 0 Å². The molecular formula is C10H14O2. The summed E-state index contributed by atoms with van der Waals surface area (Å²) in [6.07, 6.45) is 3.74. The predicted molar refractivity (Wildman–Crippen MR) is 49.7 cm³/mol. The van der Waals surface area contributed by atoms with E-state index in [2.05, 4.69) is 17.9 Å². The number of rotatable bonds is 4. The number of allylic oxidation sites excluding steroid dienone is 3. The van der Waals surface area contributed by atoms with Gasteiger partial charge in [0.15, 0.2) is 0 Å². The van der Waals surface area contributed by atoms with Crippen LogP contribution in [0.3, 0.4) is 0 Å². The lowest BCUT2D eigenvalue weighted by Gasteiger charge is -2.03. The van der Waals surface area contributed by atoms with Crippen LogP contribution in [0.15, 0.2) is 36.5 Å². The minimum atomic E-state index is -0.321. The fourth-order valence-corrected chi connectivity index (χ4v) is 0.798. The van der Waals surface area contributed by atoms with Crippen molar-refractivity contribution in [2.24, 2.45) is 0 Å². The molecule has 0 radical (unpaired) electrons. The summed E-state index contributed by atoms with van der Waals surface area (Å²) in [6, 6.07) is 0. The van der Waals surface area contributed by atoms with Crippen molar-refractivity contribution >= 4 is 5.97 Å².